The fourth-order valence-electron chi connectivity index (χ4n) is 15.1. The third-order valence-corrected chi connectivity index (χ3v) is 23.1. The maximum atomic E-state index is 5.45. The quantitative estimate of drug-likeness (QED) is 0.0358. The molecule has 0 spiro atoms. The Labute approximate surface area is 515 Å². The predicted molar refractivity (Wildman–Crippen MR) is 364 cm³/mol. The van der Waals surface area contributed by atoms with Gasteiger partial charge in [0.25, 0.3) is 0 Å². The van der Waals surface area contributed by atoms with Crippen LogP contribution in [0.5, 0.6) is 0 Å². The van der Waals surface area contributed by atoms with Crippen LogP contribution in [0.15, 0.2) is 48.5 Å². The van der Waals surface area contributed by atoms with Crippen molar-refractivity contribution in [2.24, 2.45) is 0 Å². The molecule has 4 aromatic heterocycles. The summed E-state index contributed by atoms with van der Waals surface area (Å²) in [5, 5.41) is 0. The summed E-state index contributed by atoms with van der Waals surface area (Å²) in [4.78, 5) is 5.41. The third-order valence-electron chi connectivity index (χ3n) is 19.7. The van der Waals surface area contributed by atoms with Gasteiger partial charge in [0.15, 0.2) is 0 Å². The largest absolute Gasteiger partial charge is 0.173 e. The number of unbranched alkanes of at least 4 members (excludes halogenated alkanes) is 32. The molecule has 2 aliphatic rings. The number of hydrogen-bond donors (Lipinski definition) is 0. The fourth-order valence-corrected chi connectivity index (χ4v) is 18.2. The van der Waals surface area contributed by atoms with E-state index in [9.17, 15) is 0 Å². The van der Waals surface area contributed by atoms with Gasteiger partial charge in [0.05, 0.1) is 23.5 Å². The molecule has 82 heavy (non-hydrogen) atoms. The summed E-state index contributed by atoms with van der Waals surface area (Å²) in [6, 6.07) is 20.3. The van der Waals surface area contributed by atoms with E-state index in [1.807, 2.05) is 22.7 Å². The van der Waals surface area contributed by atoms with Crippen molar-refractivity contribution in [1.82, 2.24) is 17.5 Å². The van der Waals surface area contributed by atoms with Gasteiger partial charge in [-0.3, -0.25) is 0 Å². The molecule has 0 amide bonds. The standard InChI is InChI=1S/C74H106N4S4/c1-7-11-15-19-23-27-31-35-39-47-73(48-40-36-32-28-24-20-16-12-8-2)60-53-58-61(52-57(60)67-62(73)51-55(5)69-71(67)77-81-75-69)74(49-41-37-33-29-25-21-17-13-9-3,50-42-38-34-30-26-22-18-14-10-4)63-54-59(70-72(68(58)63)78-82-76-70)64-45-46-66(80-64)65-44-43-56(6)79-65/h43-46,51-54H,7-42,47-50H2,1-6H3. The minimum Gasteiger partial charge on any atom is -0.173 e. The fraction of sp³-hybridized carbons (Fsp3) is 0.649. The Morgan fingerprint density at radius 2 is 0.622 bits per heavy atom. The number of aryl methyl sites for hydroxylation is 2. The molecule has 9 rings (SSSR count). The molecule has 446 valence electrons. The minimum absolute atomic E-state index is 0.0723. The molecule has 3 aromatic carbocycles. The van der Waals surface area contributed by atoms with Gasteiger partial charge in [0, 0.05) is 47.0 Å². The zero-order valence-electron chi connectivity index (χ0n) is 52.3. The number of fused-ring (bicyclic) bond motifs is 10. The van der Waals surface area contributed by atoms with Crippen LogP contribution >= 0.6 is 46.1 Å². The van der Waals surface area contributed by atoms with E-state index < -0.39 is 0 Å². The van der Waals surface area contributed by atoms with Gasteiger partial charge in [0.2, 0.25) is 0 Å². The summed E-state index contributed by atoms with van der Waals surface area (Å²) >= 11 is 6.72. The van der Waals surface area contributed by atoms with Crippen LogP contribution in [0.2, 0.25) is 0 Å². The van der Waals surface area contributed by atoms with Crippen LogP contribution in [-0.4, -0.2) is 17.5 Å². The minimum atomic E-state index is -0.122. The lowest BCUT2D eigenvalue weighted by atomic mass is 9.68. The smallest absolute Gasteiger partial charge is 0.114 e. The Balaban J connectivity index is 1.16. The molecule has 2 aliphatic carbocycles. The highest BCUT2D eigenvalue weighted by Crippen LogP contribution is 2.63. The van der Waals surface area contributed by atoms with Crippen molar-refractivity contribution in [2.45, 2.75) is 309 Å². The van der Waals surface area contributed by atoms with Gasteiger partial charge in [-0.25, -0.2) is 0 Å². The first-order chi connectivity index (χ1) is 40.4. The lowest BCUT2D eigenvalue weighted by Gasteiger charge is -2.35. The summed E-state index contributed by atoms with van der Waals surface area (Å²) in [7, 11) is 0. The Hall–Kier alpha value is -3.30. The molecule has 4 heterocycles. The zero-order chi connectivity index (χ0) is 57.0. The van der Waals surface area contributed by atoms with Crippen molar-refractivity contribution in [3.63, 3.8) is 0 Å². The van der Waals surface area contributed by atoms with Gasteiger partial charge in [-0.1, -0.05) is 265 Å². The van der Waals surface area contributed by atoms with E-state index in [1.54, 1.807) is 22.3 Å². The topological polar surface area (TPSA) is 51.6 Å². The van der Waals surface area contributed by atoms with Crippen molar-refractivity contribution in [1.29, 1.82) is 0 Å². The summed E-state index contributed by atoms with van der Waals surface area (Å²) in [6.45, 7) is 13.9. The number of thiophene rings is 2. The molecule has 0 unspecified atom stereocenters. The molecular weight excluding hydrogens is 1070 g/mol. The molecule has 0 saturated carbocycles. The summed E-state index contributed by atoms with van der Waals surface area (Å²) in [6.07, 6.45) is 53.4. The average Bonchev–Trinajstić information content (AvgIpc) is 1.63. The third kappa shape index (κ3) is 15.1. The number of nitrogens with zero attached hydrogens (tertiary/aromatic N) is 4. The lowest BCUT2D eigenvalue weighted by Crippen LogP contribution is -2.27. The van der Waals surface area contributed by atoms with Crippen molar-refractivity contribution in [3.05, 3.63) is 81.2 Å². The Kier molecular flexibility index (Phi) is 25.0. The predicted octanol–water partition coefficient (Wildman–Crippen LogP) is 26.0. The van der Waals surface area contributed by atoms with Crippen LogP contribution in [0.3, 0.4) is 0 Å². The Morgan fingerprint density at radius 3 is 1.02 bits per heavy atom. The number of rotatable bonds is 42. The van der Waals surface area contributed by atoms with Crippen LogP contribution in [0, 0.1) is 13.8 Å². The first-order valence-electron chi connectivity index (χ1n) is 34.3. The molecule has 0 radical (unpaired) electrons. The van der Waals surface area contributed by atoms with Gasteiger partial charge >= 0.3 is 0 Å². The monoisotopic (exact) mass is 1180 g/mol. The second-order valence-electron chi connectivity index (χ2n) is 25.9. The lowest BCUT2D eigenvalue weighted by molar-refractivity contribution is 0.393. The second kappa shape index (κ2) is 32.4. The Bertz CT molecular complexity index is 2980. The zero-order valence-corrected chi connectivity index (χ0v) is 55.6. The molecule has 0 aliphatic heterocycles. The van der Waals surface area contributed by atoms with Gasteiger partial charge in [0.1, 0.15) is 22.1 Å². The molecule has 8 heteroatoms. The van der Waals surface area contributed by atoms with Crippen molar-refractivity contribution in [2.75, 3.05) is 0 Å². The highest BCUT2D eigenvalue weighted by atomic mass is 32.1. The van der Waals surface area contributed by atoms with Crippen molar-refractivity contribution in [3.8, 4) is 42.4 Å². The van der Waals surface area contributed by atoms with Gasteiger partial charge < -0.3 is 0 Å². The van der Waals surface area contributed by atoms with Crippen molar-refractivity contribution >= 4 is 68.2 Å². The normalized spacial score (nSPS) is 13.9. The van der Waals surface area contributed by atoms with Crippen LogP contribution in [0.1, 0.15) is 317 Å². The van der Waals surface area contributed by atoms with Gasteiger partial charge in [-0.05, 0) is 121 Å². The van der Waals surface area contributed by atoms with E-state index >= 15 is 0 Å². The molecular formula is C74H106N4S4. The highest BCUT2D eigenvalue weighted by molar-refractivity contribution is 7.24. The number of aromatic nitrogens is 4. The van der Waals surface area contributed by atoms with Crippen LogP contribution in [0.4, 0.5) is 0 Å². The maximum Gasteiger partial charge on any atom is 0.114 e. The Morgan fingerprint density at radius 1 is 0.305 bits per heavy atom. The maximum absolute atomic E-state index is 5.45. The van der Waals surface area contributed by atoms with Gasteiger partial charge in [-0.2, -0.15) is 17.5 Å². The van der Waals surface area contributed by atoms with E-state index in [0.29, 0.717) is 0 Å². The van der Waals surface area contributed by atoms with E-state index in [-0.39, 0.29) is 10.8 Å². The first-order valence-corrected chi connectivity index (χ1v) is 37.4. The molecule has 7 aromatic rings. The van der Waals surface area contributed by atoms with Crippen LogP contribution in [0.25, 0.3) is 64.5 Å². The molecule has 4 nitrogen and oxygen atoms in total. The summed E-state index contributed by atoms with van der Waals surface area (Å²) in [5.74, 6) is 0. The molecule has 0 bridgehead atoms. The summed E-state index contributed by atoms with van der Waals surface area (Å²) < 4.78 is 21.1. The second-order valence-corrected chi connectivity index (χ2v) is 29.3. The van der Waals surface area contributed by atoms with E-state index in [0.717, 1.165) is 22.1 Å². The summed E-state index contributed by atoms with van der Waals surface area (Å²) in [5.41, 5.74) is 19.0. The number of hydrogen-bond acceptors (Lipinski definition) is 8. The van der Waals surface area contributed by atoms with Crippen LogP contribution < -0.4 is 0 Å². The molecule has 0 N–H and O–H groups in total. The first kappa shape index (κ1) is 63.2. The SMILES string of the molecule is CCCCCCCCCCCC1(CCCCCCCCCCC)c2cc3c(cc2-c2c1cc(C)c1nsnc21)C(CCCCCCCCCCC)(CCCCCCCCCCC)c1cc(-c2ccc(-c4ccc(C)s4)s2)c2nsnc2c1-3. The van der Waals surface area contributed by atoms with E-state index in [1.165, 1.54) is 333 Å². The molecule has 0 atom stereocenters. The average molecular weight is 1180 g/mol. The van der Waals surface area contributed by atoms with Crippen molar-refractivity contribution < 1.29 is 0 Å². The van der Waals surface area contributed by atoms with Crippen LogP contribution in [-0.2, 0) is 10.8 Å². The highest BCUT2D eigenvalue weighted by Gasteiger charge is 2.50. The molecule has 0 saturated heterocycles. The van der Waals surface area contributed by atoms with E-state index in [2.05, 4.69) is 90.1 Å². The van der Waals surface area contributed by atoms with E-state index in [4.69, 9.17) is 17.5 Å². The number of benzene rings is 3. The van der Waals surface area contributed by atoms with Gasteiger partial charge in [-0.15, -0.1) is 22.7 Å². The molecule has 0 fully saturated rings.